The Morgan fingerprint density at radius 3 is 2.46 bits per heavy atom. The lowest BCUT2D eigenvalue weighted by Gasteiger charge is -2.37. The van der Waals surface area contributed by atoms with E-state index < -0.39 is 16.8 Å². The lowest BCUT2D eigenvalue weighted by molar-refractivity contribution is -0.139. The van der Waals surface area contributed by atoms with Crippen molar-refractivity contribution < 1.29 is 9.90 Å². The number of carboxylic acid groups (broad SMARTS) is 1. The van der Waals surface area contributed by atoms with Crippen LogP contribution in [0.3, 0.4) is 0 Å². The third-order valence-electron chi connectivity index (χ3n) is 2.99. The van der Waals surface area contributed by atoms with Gasteiger partial charge in [-0.05, 0) is 31.6 Å². The summed E-state index contributed by atoms with van der Waals surface area (Å²) in [5.74, 6) is -0.258. The molecule has 1 unspecified atom stereocenters. The van der Waals surface area contributed by atoms with E-state index >= 15 is 0 Å². The maximum Gasteiger partial charge on any atom is 0.321 e. The average Bonchev–Trinajstić information content (AvgIpc) is 2.09. The zero-order chi connectivity index (χ0) is 10.1. The van der Waals surface area contributed by atoms with Crippen LogP contribution in [0.1, 0.15) is 32.6 Å². The molecule has 3 nitrogen and oxygen atoms in total. The van der Waals surface area contributed by atoms with E-state index in [4.69, 9.17) is 10.8 Å². The molecule has 1 aliphatic carbocycles. The van der Waals surface area contributed by atoms with Gasteiger partial charge in [-0.3, -0.25) is 4.79 Å². The summed E-state index contributed by atoms with van der Waals surface area (Å²) < 4.78 is -0.488. The fourth-order valence-electron chi connectivity index (χ4n) is 1.80. The molecule has 1 atom stereocenters. The van der Waals surface area contributed by atoms with E-state index in [-0.39, 0.29) is 0 Å². The van der Waals surface area contributed by atoms with E-state index in [9.17, 15) is 4.79 Å². The second kappa shape index (κ2) is 3.88. The van der Waals surface area contributed by atoms with Gasteiger partial charge in [-0.1, -0.05) is 6.92 Å². The molecule has 1 saturated carbocycles. The molecule has 0 aromatic rings. The van der Waals surface area contributed by atoms with Crippen molar-refractivity contribution in [2.45, 2.75) is 43.4 Å². The predicted octanol–water partition coefficient (Wildman–Crippen LogP) is 1.28. The minimum atomic E-state index is -0.940. The Morgan fingerprint density at radius 2 is 2.08 bits per heavy atom. The van der Waals surface area contributed by atoms with Crippen molar-refractivity contribution in [1.29, 1.82) is 0 Å². The zero-order valence-electron chi connectivity index (χ0n) is 7.86. The van der Waals surface area contributed by atoms with Gasteiger partial charge in [-0.15, -0.1) is 0 Å². The Kier molecular flexibility index (Phi) is 3.24. The standard InChI is InChI=1S/C9H17NO2S/c1-6-2-4-9(13,5-3-6)7(10)8(11)12/h6-7,13H,2-5,10H2,1H3,(H,11,12). The number of thiol groups is 1. The van der Waals surface area contributed by atoms with Crippen LogP contribution in [0.25, 0.3) is 0 Å². The molecule has 1 aliphatic rings. The molecule has 0 aliphatic heterocycles. The summed E-state index contributed by atoms with van der Waals surface area (Å²) in [6, 6.07) is -0.830. The number of aliphatic carboxylic acids is 1. The van der Waals surface area contributed by atoms with Gasteiger partial charge in [0, 0.05) is 4.75 Å². The van der Waals surface area contributed by atoms with Crippen LogP contribution in [0.15, 0.2) is 0 Å². The molecular formula is C9H17NO2S. The number of carbonyl (C=O) groups is 1. The number of rotatable bonds is 2. The highest BCUT2D eigenvalue weighted by Gasteiger charge is 2.39. The number of carboxylic acids is 1. The average molecular weight is 203 g/mol. The largest absolute Gasteiger partial charge is 0.480 e. The SMILES string of the molecule is CC1CCC(S)(C(N)C(=O)O)CC1. The molecular weight excluding hydrogens is 186 g/mol. The molecule has 0 aromatic heterocycles. The van der Waals surface area contributed by atoms with Crippen LogP contribution in [0.2, 0.25) is 0 Å². The minimum Gasteiger partial charge on any atom is -0.480 e. The van der Waals surface area contributed by atoms with Crippen LogP contribution in [-0.4, -0.2) is 21.9 Å². The first-order chi connectivity index (χ1) is 5.96. The third-order valence-corrected chi connectivity index (χ3v) is 3.71. The quantitative estimate of drug-likeness (QED) is 0.592. The van der Waals surface area contributed by atoms with Crippen LogP contribution in [0.5, 0.6) is 0 Å². The molecule has 4 heteroatoms. The van der Waals surface area contributed by atoms with E-state index in [0.717, 1.165) is 25.7 Å². The van der Waals surface area contributed by atoms with E-state index in [0.29, 0.717) is 5.92 Å². The first kappa shape index (κ1) is 10.9. The van der Waals surface area contributed by atoms with Crippen molar-refractivity contribution in [3.05, 3.63) is 0 Å². The van der Waals surface area contributed by atoms with Gasteiger partial charge >= 0.3 is 5.97 Å². The van der Waals surface area contributed by atoms with Gasteiger partial charge in [0.25, 0.3) is 0 Å². The molecule has 0 aromatic carbocycles. The number of nitrogens with two attached hydrogens (primary N) is 1. The van der Waals surface area contributed by atoms with Gasteiger partial charge in [-0.2, -0.15) is 12.6 Å². The summed E-state index contributed by atoms with van der Waals surface area (Å²) in [6.07, 6.45) is 3.68. The highest BCUT2D eigenvalue weighted by Crippen LogP contribution is 2.38. The van der Waals surface area contributed by atoms with Gasteiger partial charge in [0.1, 0.15) is 6.04 Å². The second-order valence-electron chi connectivity index (χ2n) is 4.10. The van der Waals surface area contributed by atoms with Gasteiger partial charge in [0.15, 0.2) is 0 Å². The normalized spacial score (nSPS) is 37.0. The zero-order valence-corrected chi connectivity index (χ0v) is 8.76. The van der Waals surface area contributed by atoms with Crippen LogP contribution < -0.4 is 5.73 Å². The molecule has 3 N–H and O–H groups in total. The number of hydrogen-bond donors (Lipinski definition) is 3. The minimum absolute atomic E-state index is 0.488. The van der Waals surface area contributed by atoms with Crippen molar-refractivity contribution in [2.24, 2.45) is 11.7 Å². The van der Waals surface area contributed by atoms with Gasteiger partial charge in [0.2, 0.25) is 0 Å². The van der Waals surface area contributed by atoms with Gasteiger partial charge < -0.3 is 10.8 Å². The van der Waals surface area contributed by atoms with Crippen LogP contribution in [-0.2, 0) is 4.79 Å². The van der Waals surface area contributed by atoms with Crippen molar-refractivity contribution in [1.82, 2.24) is 0 Å². The lowest BCUT2D eigenvalue weighted by Crippen LogP contribution is -2.50. The Balaban J connectivity index is 2.61. The Labute approximate surface area is 84.1 Å². The summed E-state index contributed by atoms with van der Waals surface area (Å²) >= 11 is 4.42. The highest BCUT2D eigenvalue weighted by molar-refractivity contribution is 7.82. The summed E-state index contributed by atoms with van der Waals surface area (Å²) in [4.78, 5) is 10.7. The third kappa shape index (κ3) is 2.38. The predicted molar refractivity (Wildman–Crippen MR) is 55.0 cm³/mol. The Bertz CT molecular complexity index is 200. The number of hydrogen-bond acceptors (Lipinski definition) is 3. The smallest absolute Gasteiger partial charge is 0.321 e. The van der Waals surface area contributed by atoms with Crippen molar-refractivity contribution >= 4 is 18.6 Å². The first-order valence-corrected chi connectivity index (χ1v) is 5.11. The summed E-state index contributed by atoms with van der Waals surface area (Å²) in [5, 5.41) is 8.79. The van der Waals surface area contributed by atoms with Crippen molar-refractivity contribution in [3.8, 4) is 0 Å². The fourth-order valence-corrected chi connectivity index (χ4v) is 2.17. The summed E-state index contributed by atoms with van der Waals surface area (Å²) in [6.45, 7) is 2.18. The molecule has 0 saturated heterocycles. The molecule has 76 valence electrons. The molecule has 0 amide bonds. The van der Waals surface area contributed by atoms with E-state index in [2.05, 4.69) is 19.6 Å². The summed E-state index contributed by atoms with van der Waals surface area (Å²) in [7, 11) is 0. The van der Waals surface area contributed by atoms with Gasteiger partial charge in [-0.25, -0.2) is 0 Å². The van der Waals surface area contributed by atoms with E-state index in [1.54, 1.807) is 0 Å². The molecule has 0 spiro atoms. The second-order valence-corrected chi connectivity index (χ2v) is 4.99. The van der Waals surface area contributed by atoms with Crippen LogP contribution in [0.4, 0.5) is 0 Å². The van der Waals surface area contributed by atoms with E-state index in [1.807, 2.05) is 0 Å². The monoisotopic (exact) mass is 203 g/mol. The molecule has 1 fully saturated rings. The Morgan fingerprint density at radius 1 is 1.62 bits per heavy atom. The highest BCUT2D eigenvalue weighted by atomic mass is 32.1. The summed E-state index contributed by atoms with van der Waals surface area (Å²) in [5.41, 5.74) is 5.59. The van der Waals surface area contributed by atoms with Gasteiger partial charge in [0.05, 0.1) is 0 Å². The van der Waals surface area contributed by atoms with Crippen LogP contribution in [0, 0.1) is 5.92 Å². The fraction of sp³-hybridized carbons (Fsp3) is 0.889. The molecule has 13 heavy (non-hydrogen) atoms. The molecule has 1 rings (SSSR count). The lowest BCUT2D eigenvalue weighted by atomic mass is 9.78. The van der Waals surface area contributed by atoms with E-state index in [1.165, 1.54) is 0 Å². The Hall–Kier alpha value is -0.220. The maximum absolute atomic E-state index is 10.7. The maximum atomic E-state index is 10.7. The molecule has 0 radical (unpaired) electrons. The topological polar surface area (TPSA) is 63.3 Å². The van der Waals surface area contributed by atoms with Crippen LogP contribution >= 0.6 is 12.6 Å². The van der Waals surface area contributed by atoms with Crippen molar-refractivity contribution in [3.63, 3.8) is 0 Å². The molecule has 0 heterocycles. The molecule has 0 bridgehead atoms. The first-order valence-electron chi connectivity index (χ1n) is 4.66. The van der Waals surface area contributed by atoms with Crippen molar-refractivity contribution in [2.75, 3.05) is 0 Å².